The van der Waals surface area contributed by atoms with Gasteiger partial charge in [0.15, 0.2) is 9.84 Å². The van der Waals surface area contributed by atoms with Crippen molar-refractivity contribution < 1.29 is 13.5 Å². The van der Waals surface area contributed by atoms with Crippen molar-refractivity contribution in [1.82, 2.24) is 5.32 Å². The summed E-state index contributed by atoms with van der Waals surface area (Å²) in [5, 5.41) is 12.3. The average molecular weight is 221 g/mol. The summed E-state index contributed by atoms with van der Waals surface area (Å²) >= 11 is 0. The van der Waals surface area contributed by atoms with Crippen molar-refractivity contribution in [2.45, 2.75) is 37.5 Å². The zero-order valence-corrected chi connectivity index (χ0v) is 9.60. The van der Waals surface area contributed by atoms with Gasteiger partial charge in [0, 0.05) is 6.54 Å². The van der Waals surface area contributed by atoms with E-state index in [1.54, 1.807) is 6.92 Å². The standard InChI is InChI=1S/C9H19NO3S/c1-3-6-14(12,13)8-7-10-5-4-9(8,2)11/h8,10-11H,3-7H2,1-2H3. The second-order valence-corrected chi connectivity index (χ2v) is 6.47. The minimum atomic E-state index is -3.15. The third-order valence-electron chi connectivity index (χ3n) is 2.75. The second kappa shape index (κ2) is 4.16. The first-order valence-electron chi connectivity index (χ1n) is 5.05. The van der Waals surface area contributed by atoms with Crippen LogP contribution < -0.4 is 5.32 Å². The van der Waals surface area contributed by atoms with Crippen molar-refractivity contribution in [2.75, 3.05) is 18.8 Å². The summed E-state index contributed by atoms with van der Waals surface area (Å²) in [6.07, 6.45) is 1.11. The summed E-state index contributed by atoms with van der Waals surface area (Å²) in [5.74, 6) is 0.162. The van der Waals surface area contributed by atoms with E-state index in [0.29, 0.717) is 25.9 Å². The molecule has 0 aromatic heterocycles. The monoisotopic (exact) mass is 221 g/mol. The van der Waals surface area contributed by atoms with Crippen molar-refractivity contribution in [2.24, 2.45) is 0 Å². The predicted molar refractivity (Wildman–Crippen MR) is 56.0 cm³/mol. The molecule has 0 spiro atoms. The maximum absolute atomic E-state index is 11.8. The van der Waals surface area contributed by atoms with Crippen LogP contribution in [-0.4, -0.2) is 43.2 Å². The van der Waals surface area contributed by atoms with E-state index in [4.69, 9.17) is 0 Å². The third kappa shape index (κ3) is 2.46. The Morgan fingerprint density at radius 2 is 2.21 bits per heavy atom. The Morgan fingerprint density at radius 1 is 1.57 bits per heavy atom. The van der Waals surface area contributed by atoms with Crippen LogP contribution in [0.5, 0.6) is 0 Å². The molecule has 1 heterocycles. The molecule has 0 amide bonds. The Hall–Kier alpha value is -0.130. The number of aliphatic hydroxyl groups is 1. The predicted octanol–water partition coefficient (Wildman–Crippen LogP) is -0.0759. The highest BCUT2D eigenvalue weighted by Crippen LogP contribution is 2.24. The normalized spacial score (nSPS) is 34.4. The Morgan fingerprint density at radius 3 is 2.71 bits per heavy atom. The molecular weight excluding hydrogens is 202 g/mol. The number of piperidine rings is 1. The number of rotatable bonds is 3. The van der Waals surface area contributed by atoms with E-state index >= 15 is 0 Å². The molecule has 0 bridgehead atoms. The summed E-state index contributed by atoms with van der Waals surface area (Å²) in [7, 11) is -3.15. The molecule has 1 aliphatic heterocycles. The van der Waals surface area contributed by atoms with Crippen LogP contribution in [0.2, 0.25) is 0 Å². The van der Waals surface area contributed by atoms with Gasteiger partial charge in [0.25, 0.3) is 0 Å². The molecule has 0 aromatic rings. The summed E-state index contributed by atoms with van der Waals surface area (Å²) in [4.78, 5) is 0. The van der Waals surface area contributed by atoms with Gasteiger partial charge in [-0.3, -0.25) is 0 Å². The van der Waals surface area contributed by atoms with Crippen LogP contribution in [0.1, 0.15) is 26.7 Å². The van der Waals surface area contributed by atoms with Crippen LogP contribution in [0.25, 0.3) is 0 Å². The molecule has 4 nitrogen and oxygen atoms in total. The minimum Gasteiger partial charge on any atom is -0.389 e. The van der Waals surface area contributed by atoms with Crippen molar-refractivity contribution >= 4 is 9.84 Å². The average Bonchev–Trinajstić information content (AvgIpc) is 2.02. The summed E-state index contributed by atoms with van der Waals surface area (Å²) in [6, 6.07) is 0. The molecule has 2 atom stereocenters. The SMILES string of the molecule is CCCS(=O)(=O)C1CNCCC1(C)O. The van der Waals surface area contributed by atoms with Gasteiger partial charge in [-0.15, -0.1) is 0 Å². The molecule has 1 rings (SSSR count). The van der Waals surface area contributed by atoms with Gasteiger partial charge in [-0.05, 0) is 26.3 Å². The molecule has 14 heavy (non-hydrogen) atoms. The van der Waals surface area contributed by atoms with Crippen molar-refractivity contribution in [3.63, 3.8) is 0 Å². The van der Waals surface area contributed by atoms with Crippen LogP contribution in [0.3, 0.4) is 0 Å². The zero-order valence-electron chi connectivity index (χ0n) is 8.78. The smallest absolute Gasteiger partial charge is 0.157 e. The number of nitrogens with one attached hydrogen (secondary N) is 1. The van der Waals surface area contributed by atoms with E-state index in [-0.39, 0.29) is 5.75 Å². The fourth-order valence-corrected chi connectivity index (χ4v) is 4.01. The molecule has 84 valence electrons. The highest BCUT2D eigenvalue weighted by Gasteiger charge is 2.42. The lowest BCUT2D eigenvalue weighted by Gasteiger charge is -2.36. The van der Waals surface area contributed by atoms with E-state index in [1.807, 2.05) is 6.92 Å². The summed E-state index contributed by atoms with van der Waals surface area (Å²) in [5.41, 5.74) is -1.07. The number of hydrogen-bond donors (Lipinski definition) is 2. The van der Waals surface area contributed by atoms with Gasteiger partial charge < -0.3 is 10.4 Å². The largest absolute Gasteiger partial charge is 0.389 e. The van der Waals surface area contributed by atoms with Gasteiger partial charge in [0.1, 0.15) is 5.25 Å². The van der Waals surface area contributed by atoms with Crippen LogP contribution in [0, 0.1) is 0 Å². The number of sulfone groups is 1. The fourth-order valence-electron chi connectivity index (χ4n) is 1.90. The molecular formula is C9H19NO3S. The van der Waals surface area contributed by atoms with E-state index in [0.717, 1.165) is 0 Å². The molecule has 0 aromatic carbocycles. The molecule has 1 saturated heterocycles. The first-order valence-corrected chi connectivity index (χ1v) is 6.76. The van der Waals surface area contributed by atoms with E-state index < -0.39 is 20.7 Å². The van der Waals surface area contributed by atoms with Gasteiger partial charge in [0.05, 0.1) is 11.4 Å². The maximum atomic E-state index is 11.8. The van der Waals surface area contributed by atoms with Crippen molar-refractivity contribution in [1.29, 1.82) is 0 Å². The third-order valence-corrected chi connectivity index (χ3v) is 5.27. The van der Waals surface area contributed by atoms with E-state index in [2.05, 4.69) is 5.32 Å². The van der Waals surface area contributed by atoms with Crippen LogP contribution in [-0.2, 0) is 9.84 Å². The minimum absolute atomic E-state index is 0.162. The Labute approximate surface area is 85.6 Å². The second-order valence-electron chi connectivity index (χ2n) is 4.17. The molecule has 5 heteroatoms. The first kappa shape index (κ1) is 11.9. The molecule has 2 unspecified atom stereocenters. The lowest BCUT2D eigenvalue weighted by molar-refractivity contribution is 0.0328. The molecule has 1 aliphatic rings. The molecule has 0 radical (unpaired) electrons. The fraction of sp³-hybridized carbons (Fsp3) is 1.00. The van der Waals surface area contributed by atoms with Crippen LogP contribution >= 0.6 is 0 Å². The summed E-state index contributed by atoms with van der Waals surface area (Å²) in [6.45, 7) is 4.51. The van der Waals surface area contributed by atoms with Gasteiger partial charge in [0.2, 0.25) is 0 Å². The maximum Gasteiger partial charge on any atom is 0.157 e. The lowest BCUT2D eigenvalue weighted by atomic mass is 9.94. The molecule has 1 fully saturated rings. The summed E-state index contributed by atoms with van der Waals surface area (Å²) < 4.78 is 23.6. The van der Waals surface area contributed by atoms with E-state index in [9.17, 15) is 13.5 Å². The molecule has 0 saturated carbocycles. The Bertz CT molecular complexity index is 284. The van der Waals surface area contributed by atoms with Gasteiger partial charge in [-0.2, -0.15) is 0 Å². The van der Waals surface area contributed by atoms with Crippen molar-refractivity contribution in [3.8, 4) is 0 Å². The Kier molecular flexibility index (Phi) is 3.55. The van der Waals surface area contributed by atoms with Crippen molar-refractivity contribution in [3.05, 3.63) is 0 Å². The molecule has 0 aliphatic carbocycles. The van der Waals surface area contributed by atoms with Gasteiger partial charge in [-0.25, -0.2) is 8.42 Å². The zero-order chi connectivity index (χ0) is 10.8. The van der Waals surface area contributed by atoms with Gasteiger partial charge >= 0.3 is 0 Å². The number of hydrogen-bond acceptors (Lipinski definition) is 4. The first-order chi connectivity index (χ1) is 6.40. The van der Waals surface area contributed by atoms with Crippen LogP contribution in [0.4, 0.5) is 0 Å². The molecule has 2 N–H and O–H groups in total. The lowest BCUT2D eigenvalue weighted by Crippen LogP contribution is -2.56. The van der Waals surface area contributed by atoms with Gasteiger partial charge in [-0.1, -0.05) is 6.92 Å². The topological polar surface area (TPSA) is 66.4 Å². The highest BCUT2D eigenvalue weighted by molar-refractivity contribution is 7.92. The highest BCUT2D eigenvalue weighted by atomic mass is 32.2. The van der Waals surface area contributed by atoms with Crippen LogP contribution in [0.15, 0.2) is 0 Å². The van der Waals surface area contributed by atoms with E-state index in [1.165, 1.54) is 0 Å². The quantitative estimate of drug-likeness (QED) is 0.700. The Balaban J connectivity index is 2.84.